The van der Waals surface area contributed by atoms with Gasteiger partial charge < -0.3 is 53.6 Å². The van der Waals surface area contributed by atoms with Crippen LogP contribution < -0.4 is 53.6 Å². The molecule has 29 nitrogen and oxygen atoms in total. The van der Waals surface area contributed by atoms with Crippen molar-refractivity contribution in [3.8, 4) is 17.5 Å². The van der Waals surface area contributed by atoms with Gasteiger partial charge in [0.2, 0.25) is 54.4 Å². The third kappa shape index (κ3) is 17.3. The molecule has 34 heteroatoms. The van der Waals surface area contributed by atoms with Gasteiger partial charge in [-0.2, -0.15) is 35.2 Å². The molecule has 1 saturated carbocycles. The van der Waals surface area contributed by atoms with Gasteiger partial charge in [-0.05, 0) is 72.6 Å². The highest BCUT2D eigenvalue weighted by molar-refractivity contribution is 7.90. The number of hydrogen-bond acceptors (Lipinski definition) is 23. The smallest absolute Gasteiger partial charge is 0.250 e. The van der Waals surface area contributed by atoms with Crippen molar-refractivity contribution in [3.05, 3.63) is 75.7 Å². The van der Waals surface area contributed by atoms with Crippen LogP contribution in [-0.2, 0) is 34.1 Å². The molecule has 3 unspecified atom stereocenters. The molecule has 3 aliphatic heterocycles. The van der Waals surface area contributed by atoms with Crippen molar-refractivity contribution in [3.63, 3.8) is 0 Å². The van der Waals surface area contributed by atoms with E-state index in [0.717, 1.165) is 59.8 Å². The van der Waals surface area contributed by atoms with Gasteiger partial charge in [-0.25, -0.2) is 49.6 Å². The highest BCUT2D eigenvalue weighted by Gasteiger charge is 2.36. The van der Waals surface area contributed by atoms with Gasteiger partial charge in [-0.15, -0.1) is 0 Å². The standard InChI is InChI=1S/C20H28F2N8O.C15H21N7O3S.C10H11ClN4O2S.C5H11N3O/c1-12-9-13(2)30(28-12)17-10-16(29-8-7-24-15(11-29)18(23)31)26-19(27-17)25-14-3-5-20(21,22)6-4-14;1-9-6-10(2)22(20-9)13-7-12(18-15(19-13)26(3,24)25)21-5-4-17-11(8-21)14(16)23;1-6-4-7(2)15(14-6)9-5-8(11)12-10(13-9)18(3,16)17;6-5(9)4-3-7-1-2-8-4/h9-10,14-15,24H,3-8,11H2,1-2H3,(H2,23,31)(H,25,26,27);6-7,11,17H,4-5,8H2,1-3H3,(H2,16,23);4-5H,1-3H3;4,7-8H,1-3H2,(H2,6,9). The lowest BCUT2D eigenvalue weighted by Gasteiger charge is -2.33. The molecule has 10 rings (SSSR count). The van der Waals surface area contributed by atoms with Crippen LogP contribution in [0.25, 0.3) is 17.5 Å². The van der Waals surface area contributed by atoms with Crippen LogP contribution in [0.3, 0.4) is 0 Å². The number of hydrogen-bond donors (Lipinski definition) is 8. The second kappa shape index (κ2) is 27.1. The Labute approximate surface area is 489 Å². The van der Waals surface area contributed by atoms with Crippen LogP contribution in [0.15, 0.2) is 46.7 Å². The van der Waals surface area contributed by atoms with E-state index in [-0.39, 0.29) is 46.3 Å². The van der Waals surface area contributed by atoms with Crippen molar-refractivity contribution in [2.24, 2.45) is 17.2 Å². The summed E-state index contributed by atoms with van der Waals surface area (Å²) in [5.41, 5.74) is 20.9. The number of amides is 3. The van der Waals surface area contributed by atoms with Crippen molar-refractivity contribution in [1.82, 2.24) is 80.5 Å². The molecule has 84 heavy (non-hydrogen) atoms. The minimum Gasteiger partial charge on any atom is -0.368 e. The van der Waals surface area contributed by atoms with E-state index in [9.17, 15) is 40.0 Å². The summed E-state index contributed by atoms with van der Waals surface area (Å²) in [7, 11) is -7.14. The van der Waals surface area contributed by atoms with Crippen molar-refractivity contribution >= 4 is 66.6 Å². The van der Waals surface area contributed by atoms with Gasteiger partial charge in [0.05, 0.1) is 23.1 Å². The Balaban J connectivity index is 0.000000172. The predicted octanol–water partition coefficient (Wildman–Crippen LogP) is -0.152. The molecular weight excluding hydrogens is 1160 g/mol. The minimum absolute atomic E-state index is 0.0629. The number of alkyl halides is 2. The minimum atomic E-state index is -3.63. The maximum Gasteiger partial charge on any atom is 0.250 e. The summed E-state index contributed by atoms with van der Waals surface area (Å²) in [5.74, 6) is -1.08. The molecule has 456 valence electrons. The lowest BCUT2D eigenvalue weighted by atomic mass is 9.92. The number of piperazine rings is 3. The number of rotatable bonds is 12. The van der Waals surface area contributed by atoms with Gasteiger partial charge in [0.25, 0.3) is 5.16 Å². The Kier molecular flexibility index (Phi) is 20.7. The van der Waals surface area contributed by atoms with E-state index in [1.807, 2.05) is 75.6 Å². The first-order valence-electron chi connectivity index (χ1n) is 26.7. The lowest BCUT2D eigenvalue weighted by Crippen LogP contribution is -2.56. The number of carbonyl (C=O) groups excluding carboxylic acids is 3. The van der Waals surface area contributed by atoms with Crippen LogP contribution in [0.1, 0.15) is 59.8 Å². The maximum atomic E-state index is 13.5. The van der Waals surface area contributed by atoms with Crippen LogP contribution in [0.4, 0.5) is 26.4 Å². The number of sulfone groups is 2. The quantitative estimate of drug-likeness (QED) is 0.0583. The first kappa shape index (κ1) is 64.1. The zero-order valence-corrected chi connectivity index (χ0v) is 50.2. The second-order valence-electron chi connectivity index (χ2n) is 20.8. The van der Waals surface area contributed by atoms with Crippen molar-refractivity contribution < 1.29 is 40.0 Å². The molecule has 11 N–H and O–H groups in total. The summed E-state index contributed by atoms with van der Waals surface area (Å²) in [6, 6.07) is 9.34. The first-order valence-corrected chi connectivity index (χ1v) is 30.9. The maximum absolute atomic E-state index is 13.5. The van der Waals surface area contributed by atoms with Crippen molar-refractivity contribution in [2.45, 2.75) is 108 Å². The summed E-state index contributed by atoms with van der Waals surface area (Å²) in [6.07, 6.45) is 2.50. The molecule has 4 aliphatic rings. The molecule has 0 radical (unpaired) electrons. The molecule has 1 aliphatic carbocycles. The van der Waals surface area contributed by atoms with Gasteiger partial charge in [0.1, 0.15) is 28.9 Å². The van der Waals surface area contributed by atoms with Crippen molar-refractivity contribution in [1.29, 1.82) is 0 Å². The van der Waals surface area contributed by atoms with Crippen LogP contribution in [-0.4, -0.2) is 195 Å². The number of primary amides is 3. The molecule has 9 heterocycles. The number of nitrogens with zero attached hydrogens (tertiary/aromatic N) is 14. The van der Waals surface area contributed by atoms with Gasteiger partial charge >= 0.3 is 0 Å². The largest absolute Gasteiger partial charge is 0.368 e. The Morgan fingerprint density at radius 2 is 0.964 bits per heavy atom. The summed E-state index contributed by atoms with van der Waals surface area (Å²) >= 11 is 5.81. The highest BCUT2D eigenvalue weighted by Crippen LogP contribution is 2.34. The Hall–Kier alpha value is -7.43. The molecule has 3 amide bonds. The molecule has 4 fully saturated rings. The predicted molar refractivity (Wildman–Crippen MR) is 308 cm³/mol. The summed E-state index contributed by atoms with van der Waals surface area (Å²) < 4.78 is 78.9. The number of anilines is 3. The number of carbonyl (C=O) groups is 3. The fourth-order valence-corrected chi connectivity index (χ4v) is 10.6. The Bertz CT molecular complexity index is 3570. The van der Waals surface area contributed by atoms with E-state index in [1.54, 1.807) is 15.4 Å². The Morgan fingerprint density at radius 3 is 1.36 bits per heavy atom. The van der Waals surface area contributed by atoms with Gasteiger partial charge in [-0.1, -0.05) is 11.6 Å². The van der Waals surface area contributed by atoms with Gasteiger partial charge in [-0.3, -0.25) is 14.4 Å². The van der Waals surface area contributed by atoms with E-state index in [1.165, 1.54) is 10.7 Å². The number of aromatic nitrogens is 12. The lowest BCUT2D eigenvalue weighted by molar-refractivity contribution is -0.120. The SMILES string of the molecule is Cc1cc(C)n(-c2cc(Cl)nc(S(C)(=O)=O)n2)n1.Cc1cc(C)n(-c2cc(N3CCNC(C(N)=O)C3)nc(NC3CCC(F)(F)CC3)n2)n1.Cc1cc(C)n(-c2cc(N3CCNC(C(N)=O)C3)nc(S(C)(=O)=O)n2)n1.NC(=O)C1CNCCN1. The molecular formula is C50H71ClF2N22O7S2. The molecule has 0 aromatic carbocycles. The molecule has 6 aromatic rings. The van der Waals surface area contributed by atoms with E-state index in [0.29, 0.717) is 93.7 Å². The third-order valence-corrected chi connectivity index (χ3v) is 15.4. The topological polar surface area (TPSA) is 395 Å². The molecule has 3 saturated heterocycles. The zero-order chi connectivity index (χ0) is 61.4. The molecule has 0 spiro atoms. The normalized spacial score (nSPS) is 19.2. The van der Waals surface area contributed by atoms with Crippen LogP contribution in [0.5, 0.6) is 0 Å². The van der Waals surface area contributed by atoms with E-state index >= 15 is 0 Å². The fraction of sp³-hybridized carbons (Fsp3) is 0.520. The highest BCUT2D eigenvalue weighted by atomic mass is 35.5. The Morgan fingerprint density at radius 1 is 0.571 bits per heavy atom. The molecule has 3 atom stereocenters. The molecule has 0 bridgehead atoms. The van der Waals surface area contributed by atoms with Gasteiger partial charge in [0.15, 0.2) is 17.5 Å². The van der Waals surface area contributed by atoms with E-state index < -0.39 is 49.5 Å². The number of nitrogens with two attached hydrogens (primary N) is 3. The summed E-state index contributed by atoms with van der Waals surface area (Å²) in [5, 5.41) is 28.0. The van der Waals surface area contributed by atoms with Crippen LogP contribution in [0, 0.1) is 41.5 Å². The van der Waals surface area contributed by atoms with E-state index in [4.69, 9.17) is 28.8 Å². The average molecular weight is 1230 g/mol. The van der Waals surface area contributed by atoms with E-state index in [2.05, 4.69) is 71.8 Å². The van der Waals surface area contributed by atoms with Gasteiger partial charge in [0, 0.05) is 126 Å². The number of halogens is 3. The zero-order valence-electron chi connectivity index (χ0n) is 47.8. The monoisotopic (exact) mass is 1230 g/mol. The number of nitrogens with one attached hydrogen (secondary N) is 5. The molecule has 6 aromatic heterocycles. The summed E-state index contributed by atoms with van der Waals surface area (Å²) in [6.45, 7) is 16.6. The fourth-order valence-electron chi connectivity index (χ4n) is 9.36. The first-order chi connectivity index (χ1) is 39.4. The second-order valence-corrected chi connectivity index (χ2v) is 25.0. The average Bonchev–Trinajstić information content (AvgIpc) is 2.77. The summed E-state index contributed by atoms with van der Waals surface area (Å²) in [4.78, 5) is 62.7. The number of aryl methyl sites for hydroxylation is 6. The van der Waals surface area contributed by atoms with Crippen LogP contribution in [0.2, 0.25) is 5.15 Å². The van der Waals surface area contributed by atoms with Crippen molar-refractivity contribution in [2.75, 3.05) is 86.5 Å². The third-order valence-electron chi connectivity index (χ3n) is 13.5. The van der Waals surface area contributed by atoms with Crippen LogP contribution >= 0.6 is 11.6 Å².